The maximum absolute atomic E-state index is 6.22. The van der Waals surface area contributed by atoms with Crippen LogP contribution in [-0.4, -0.2) is 4.98 Å². The Kier molecular flexibility index (Phi) is 3.91. The maximum atomic E-state index is 6.22. The average molecular weight is 281 g/mol. The topological polar surface area (TPSA) is 38.9 Å². The number of benzene rings is 1. The lowest BCUT2D eigenvalue weighted by atomic mass is 10.0. The van der Waals surface area contributed by atoms with E-state index in [1.54, 1.807) is 18.2 Å². The quantitative estimate of drug-likeness (QED) is 0.901. The molecule has 2 nitrogen and oxygen atoms in total. The molecule has 94 valence electrons. The van der Waals surface area contributed by atoms with E-state index in [4.69, 9.17) is 28.9 Å². The third kappa shape index (κ3) is 2.83. The van der Waals surface area contributed by atoms with Crippen molar-refractivity contribution >= 4 is 23.2 Å². The molecule has 0 aliphatic heterocycles. The number of rotatable bonds is 2. The van der Waals surface area contributed by atoms with Crippen molar-refractivity contribution < 1.29 is 0 Å². The number of halogens is 2. The van der Waals surface area contributed by atoms with Crippen LogP contribution in [-0.2, 0) is 0 Å². The van der Waals surface area contributed by atoms with Crippen molar-refractivity contribution in [2.45, 2.75) is 19.9 Å². The molecule has 4 heteroatoms. The van der Waals surface area contributed by atoms with Gasteiger partial charge in [0.1, 0.15) is 0 Å². The highest BCUT2D eigenvalue weighted by atomic mass is 35.5. The SMILES string of the molecule is Cc1cc(C)nc(C(N)c2cc(Cl)ccc2Cl)c1. The summed E-state index contributed by atoms with van der Waals surface area (Å²) in [5, 5.41) is 1.22. The van der Waals surface area contributed by atoms with Crippen molar-refractivity contribution in [1.82, 2.24) is 4.98 Å². The second-order valence-corrected chi connectivity index (χ2v) is 5.20. The maximum Gasteiger partial charge on any atom is 0.0741 e. The van der Waals surface area contributed by atoms with Gasteiger partial charge >= 0.3 is 0 Å². The zero-order valence-electron chi connectivity index (χ0n) is 10.2. The summed E-state index contributed by atoms with van der Waals surface area (Å²) >= 11 is 12.1. The molecule has 2 rings (SSSR count). The lowest BCUT2D eigenvalue weighted by Crippen LogP contribution is -2.14. The van der Waals surface area contributed by atoms with E-state index in [0.717, 1.165) is 22.5 Å². The van der Waals surface area contributed by atoms with E-state index in [-0.39, 0.29) is 6.04 Å². The van der Waals surface area contributed by atoms with Crippen molar-refractivity contribution in [1.29, 1.82) is 0 Å². The Morgan fingerprint density at radius 3 is 2.50 bits per heavy atom. The van der Waals surface area contributed by atoms with Gasteiger partial charge in [-0.25, -0.2) is 0 Å². The zero-order chi connectivity index (χ0) is 13.3. The molecule has 2 N–H and O–H groups in total. The van der Waals surface area contributed by atoms with Crippen LogP contribution in [0, 0.1) is 13.8 Å². The summed E-state index contributed by atoms with van der Waals surface area (Å²) in [6, 6.07) is 8.89. The van der Waals surface area contributed by atoms with E-state index in [1.807, 2.05) is 26.0 Å². The van der Waals surface area contributed by atoms with Gasteiger partial charge in [0.05, 0.1) is 11.7 Å². The number of aryl methyl sites for hydroxylation is 2. The molecule has 0 saturated carbocycles. The first-order valence-corrected chi connectivity index (χ1v) is 6.38. The third-order valence-corrected chi connectivity index (χ3v) is 3.31. The largest absolute Gasteiger partial charge is 0.319 e. The first-order valence-electron chi connectivity index (χ1n) is 5.63. The van der Waals surface area contributed by atoms with Crippen LogP contribution < -0.4 is 5.73 Å². The third-order valence-electron chi connectivity index (χ3n) is 2.73. The van der Waals surface area contributed by atoms with Crippen LogP contribution in [0.4, 0.5) is 0 Å². The molecule has 0 fully saturated rings. The standard InChI is InChI=1S/C14H14Cl2N2/c1-8-5-9(2)18-13(6-8)14(17)11-7-10(15)3-4-12(11)16/h3-7,14H,17H2,1-2H3. The van der Waals surface area contributed by atoms with Gasteiger partial charge in [0.25, 0.3) is 0 Å². The van der Waals surface area contributed by atoms with Crippen LogP contribution in [0.5, 0.6) is 0 Å². The summed E-state index contributed by atoms with van der Waals surface area (Å²) in [4.78, 5) is 4.45. The van der Waals surface area contributed by atoms with Gasteiger partial charge in [-0.15, -0.1) is 0 Å². The normalized spacial score (nSPS) is 12.5. The highest BCUT2D eigenvalue weighted by Gasteiger charge is 2.15. The van der Waals surface area contributed by atoms with Crippen molar-refractivity contribution in [2.75, 3.05) is 0 Å². The van der Waals surface area contributed by atoms with E-state index >= 15 is 0 Å². The molecule has 2 aromatic rings. The van der Waals surface area contributed by atoms with E-state index in [0.29, 0.717) is 10.0 Å². The molecular weight excluding hydrogens is 267 g/mol. The Bertz CT molecular complexity index is 562. The first kappa shape index (κ1) is 13.3. The van der Waals surface area contributed by atoms with Crippen LogP contribution in [0.3, 0.4) is 0 Å². The molecule has 0 aliphatic carbocycles. The highest BCUT2D eigenvalue weighted by molar-refractivity contribution is 6.33. The van der Waals surface area contributed by atoms with Crippen LogP contribution in [0.1, 0.15) is 28.6 Å². The lowest BCUT2D eigenvalue weighted by molar-refractivity contribution is 0.819. The zero-order valence-corrected chi connectivity index (χ0v) is 11.8. The minimum Gasteiger partial charge on any atom is -0.319 e. The van der Waals surface area contributed by atoms with Gasteiger partial charge in [-0.05, 0) is 55.3 Å². The van der Waals surface area contributed by atoms with E-state index in [2.05, 4.69) is 4.98 Å². The average Bonchev–Trinajstić information content (AvgIpc) is 2.30. The fraction of sp³-hybridized carbons (Fsp3) is 0.214. The predicted molar refractivity (Wildman–Crippen MR) is 76.2 cm³/mol. The van der Waals surface area contributed by atoms with E-state index in [1.165, 1.54) is 0 Å². The monoisotopic (exact) mass is 280 g/mol. The molecule has 0 radical (unpaired) electrons. The van der Waals surface area contributed by atoms with Gasteiger partial charge < -0.3 is 5.73 Å². The van der Waals surface area contributed by atoms with Crippen LogP contribution in [0.15, 0.2) is 30.3 Å². The second-order valence-electron chi connectivity index (χ2n) is 4.35. The Morgan fingerprint density at radius 2 is 1.83 bits per heavy atom. The summed E-state index contributed by atoms with van der Waals surface area (Å²) < 4.78 is 0. The Balaban J connectivity index is 2.47. The molecule has 18 heavy (non-hydrogen) atoms. The fourth-order valence-electron chi connectivity index (χ4n) is 1.94. The number of aromatic nitrogens is 1. The molecule has 1 aromatic carbocycles. The number of hydrogen-bond donors (Lipinski definition) is 1. The first-order chi connectivity index (χ1) is 8.47. The molecule has 1 atom stereocenters. The van der Waals surface area contributed by atoms with Gasteiger partial charge in [0.2, 0.25) is 0 Å². The van der Waals surface area contributed by atoms with Crippen molar-refractivity contribution in [3.63, 3.8) is 0 Å². The van der Waals surface area contributed by atoms with Gasteiger partial charge in [0, 0.05) is 15.7 Å². The highest BCUT2D eigenvalue weighted by Crippen LogP contribution is 2.28. The molecule has 1 heterocycles. The molecule has 0 bridgehead atoms. The number of nitrogens with zero attached hydrogens (tertiary/aromatic N) is 1. The van der Waals surface area contributed by atoms with Gasteiger partial charge in [0.15, 0.2) is 0 Å². The van der Waals surface area contributed by atoms with E-state index < -0.39 is 0 Å². The summed E-state index contributed by atoms with van der Waals surface area (Å²) in [5.41, 5.74) is 9.89. The van der Waals surface area contributed by atoms with Crippen molar-refractivity contribution in [3.8, 4) is 0 Å². The fourth-order valence-corrected chi connectivity index (χ4v) is 2.36. The molecule has 1 aromatic heterocycles. The molecule has 0 aliphatic rings. The summed E-state index contributed by atoms with van der Waals surface area (Å²) in [5.74, 6) is 0. The molecule has 0 saturated heterocycles. The number of pyridine rings is 1. The predicted octanol–water partition coefficient (Wildman–Crippen LogP) is 4.05. The van der Waals surface area contributed by atoms with Crippen molar-refractivity contribution in [2.24, 2.45) is 5.73 Å². The minimum absolute atomic E-state index is 0.366. The lowest BCUT2D eigenvalue weighted by Gasteiger charge is -2.15. The molecule has 0 amide bonds. The van der Waals surface area contributed by atoms with Gasteiger partial charge in [-0.1, -0.05) is 23.2 Å². The van der Waals surface area contributed by atoms with Crippen LogP contribution in [0.25, 0.3) is 0 Å². The molecular formula is C14H14Cl2N2. The molecule has 0 spiro atoms. The Hall–Kier alpha value is -1.09. The summed E-state index contributed by atoms with van der Waals surface area (Å²) in [6.07, 6.45) is 0. The Morgan fingerprint density at radius 1 is 1.11 bits per heavy atom. The second kappa shape index (κ2) is 5.27. The summed E-state index contributed by atoms with van der Waals surface area (Å²) in [6.45, 7) is 3.97. The number of hydrogen-bond acceptors (Lipinski definition) is 2. The van der Waals surface area contributed by atoms with Crippen LogP contribution in [0.2, 0.25) is 10.0 Å². The molecule has 1 unspecified atom stereocenters. The van der Waals surface area contributed by atoms with Gasteiger partial charge in [-0.2, -0.15) is 0 Å². The number of nitrogens with two attached hydrogens (primary N) is 1. The Labute approximate surface area is 117 Å². The summed E-state index contributed by atoms with van der Waals surface area (Å²) in [7, 11) is 0. The van der Waals surface area contributed by atoms with E-state index in [9.17, 15) is 0 Å². The van der Waals surface area contributed by atoms with Gasteiger partial charge in [-0.3, -0.25) is 4.98 Å². The van der Waals surface area contributed by atoms with Crippen LogP contribution >= 0.6 is 23.2 Å². The van der Waals surface area contributed by atoms with Crippen molar-refractivity contribution in [3.05, 3.63) is 62.9 Å². The smallest absolute Gasteiger partial charge is 0.0741 e. The minimum atomic E-state index is -0.366.